The number of carbonyl (C=O) groups is 2. The molecule has 0 spiro atoms. The SMILES string of the molecule is CC(=O)NNC(=O)CSCC(C)(C)N. The Bertz CT molecular complexity index is 213. The van der Waals surface area contributed by atoms with Crippen LogP contribution in [0, 0.1) is 0 Å². The molecule has 0 radical (unpaired) electrons. The summed E-state index contributed by atoms with van der Waals surface area (Å²) in [5.41, 5.74) is 9.92. The Morgan fingerprint density at radius 2 is 1.93 bits per heavy atom. The van der Waals surface area contributed by atoms with Crippen molar-refractivity contribution in [3.63, 3.8) is 0 Å². The molecule has 0 aromatic rings. The zero-order chi connectivity index (χ0) is 11.2. The van der Waals surface area contributed by atoms with E-state index in [9.17, 15) is 9.59 Å². The van der Waals surface area contributed by atoms with Crippen molar-refractivity contribution in [1.29, 1.82) is 0 Å². The Morgan fingerprint density at radius 1 is 1.36 bits per heavy atom. The highest BCUT2D eigenvalue weighted by Crippen LogP contribution is 2.08. The van der Waals surface area contributed by atoms with E-state index in [1.807, 2.05) is 13.8 Å². The van der Waals surface area contributed by atoms with Crippen molar-refractivity contribution in [3.8, 4) is 0 Å². The van der Waals surface area contributed by atoms with Crippen LogP contribution in [0.5, 0.6) is 0 Å². The Labute approximate surface area is 88.1 Å². The van der Waals surface area contributed by atoms with Gasteiger partial charge in [-0.15, -0.1) is 0 Å². The van der Waals surface area contributed by atoms with Crippen molar-refractivity contribution in [1.82, 2.24) is 10.9 Å². The van der Waals surface area contributed by atoms with Crippen LogP contribution in [0.2, 0.25) is 0 Å². The minimum atomic E-state index is -0.289. The number of hydrogen-bond donors (Lipinski definition) is 3. The number of amides is 2. The summed E-state index contributed by atoms with van der Waals surface area (Å²) in [4.78, 5) is 21.5. The molecule has 0 saturated carbocycles. The molecule has 82 valence electrons. The van der Waals surface area contributed by atoms with Gasteiger partial charge in [-0.25, -0.2) is 0 Å². The second kappa shape index (κ2) is 5.87. The fourth-order valence-corrected chi connectivity index (χ4v) is 1.49. The lowest BCUT2D eigenvalue weighted by molar-refractivity contribution is -0.126. The molecule has 0 aliphatic carbocycles. The van der Waals surface area contributed by atoms with Crippen LogP contribution in [0.1, 0.15) is 20.8 Å². The normalized spacial score (nSPS) is 10.9. The number of carbonyl (C=O) groups excluding carboxylic acids is 2. The van der Waals surface area contributed by atoms with E-state index in [4.69, 9.17) is 5.73 Å². The first-order valence-corrected chi connectivity index (χ1v) is 5.39. The summed E-state index contributed by atoms with van der Waals surface area (Å²) in [6.45, 7) is 5.12. The number of hydrogen-bond acceptors (Lipinski definition) is 4. The van der Waals surface area contributed by atoms with Gasteiger partial charge < -0.3 is 5.73 Å². The van der Waals surface area contributed by atoms with Crippen LogP contribution < -0.4 is 16.6 Å². The first kappa shape index (κ1) is 13.2. The Morgan fingerprint density at radius 3 is 2.36 bits per heavy atom. The number of hydrazine groups is 1. The Hall–Kier alpha value is -0.750. The number of thioether (sulfide) groups is 1. The molecule has 0 rings (SSSR count). The van der Waals surface area contributed by atoms with Gasteiger partial charge in [-0.05, 0) is 13.8 Å². The minimum Gasteiger partial charge on any atom is -0.325 e. The van der Waals surface area contributed by atoms with Crippen LogP contribution in [0.4, 0.5) is 0 Å². The summed E-state index contributed by atoms with van der Waals surface area (Å²) >= 11 is 1.43. The summed E-state index contributed by atoms with van der Waals surface area (Å²) in [6.07, 6.45) is 0. The summed E-state index contributed by atoms with van der Waals surface area (Å²) in [5, 5.41) is 0. The number of nitrogens with two attached hydrogens (primary N) is 1. The van der Waals surface area contributed by atoms with E-state index in [0.29, 0.717) is 11.5 Å². The molecule has 0 saturated heterocycles. The van der Waals surface area contributed by atoms with Crippen molar-refractivity contribution in [2.45, 2.75) is 26.3 Å². The van der Waals surface area contributed by atoms with Gasteiger partial charge in [0.1, 0.15) is 0 Å². The quantitative estimate of drug-likeness (QED) is 0.563. The molecule has 0 fully saturated rings. The molecule has 0 aliphatic rings. The van der Waals surface area contributed by atoms with Crippen LogP contribution in [-0.2, 0) is 9.59 Å². The molecular formula is C8H17N3O2S. The van der Waals surface area contributed by atoms with E-state index in [0.717, 1.165) is 0 Å². The highest BCUT2D eigenvalue weighted by molar-refractivity contribution is 8.00. The van der Waals surface area contributed by atoms with E-state index >= 15 is 0 Å². The summed E-state index contributed by atoms with van der Waals surface area (Å²) in [5.74, 6) is 0.471. The predicted molar refractivity (Wildman–Crippen MR) is 57.6 cm³/mol. The van der Waals surface area contributed by atoms with Gasteiger partial charge in [0, 0.05) is 18.2 Å². The molecular weight excluding hydrogens is 202 g/mol. The van der Waals surface area contributed by atoms with Gasteiger partial charge in [0.05, 0.1) is 5.75 Å². The molecule has 2 amide bonds. The molecule has 0 unspecified atom stereocenters. The molecule has 14 heavy (non-hydrogen) atoms. The Kier molecular flexibility index (Phi) is 5.56. The lowest BCUT2D eigenvalue weighted by Gasteiger charge is -2.17. The highest BCUT2D eigenvalue weighted by Gasteiger charge is 2.11. The highest BCUT2D eigenvalue weighted by atomic mass is 32.2. The van der Waals surface area contributed by atoms with Gasteiger partial charge in [0.2, 0.25) is 11.8 Å². The largest absolute Gasteiger partial charge is 0.325 e. The van der Waals surface area contributed by atoms with Crippen molar-refractivity contribution < 1.29 is 9.59 Å². The molecule has 0 aromatic carbocycles. The van der Waals surface area contributed by atoms with E-state index < -0.39 is 0 Å². The summed E-state index contributed by atoms with van der Waals surface area (Å²) in [6, 6.07) is 0. The van der Waals surface area contributed by atoms with Crippen molar-refractivity contribution >= 4 is 23.6 Å². The molecule has 4 N–H and O–H groups in total. The fourth-order valence-electron chi connectivity index (χ4n) is 0.601. The Balaban J connectivity index is 3.50. The maximum Gasteiger partial charge on any atom is 0.248 e. The van der Waals surface area contributed by atoms with E-state index in [1.165, 1.54) is 18.7 Å². The fraction of sp³-hybridized carbons (Fsp3) is 0.750. The van der Waals surface area contributed by atoms with Crippen molar-refractivity contribution in [2.24, 2.45) is 5.73 Å². The monoisotopic (exact) mass is 219 g/mol. The molecule has 5 nitrogen and oxygen atoms in total. The van der Waals surface area contributed by atoms with E-state index in [1.54, 1.807) is 0 Å². The summed E-state index contributed by atoms with van der Waals surface area (Å²) in [7, 11) is 0. The van der Waals surface area contributed by atoms with Crippen LogP contribution >= 0.6 is 11.8 Å². The standard InChI is InChI=1S/C8H17N3O2S/c1-6(12)10-11-7(13)4-14-5-8(2,3)9/h4-5,9H2,1-3H3,(H,10,12)(H,11,13). The second-order valence-electron chi connectivity index (χ2n) is 3.71. The topological polar surface area (TPSA) is 84.2 Å². The second-order valence-corrected chi connectivity index (χ2v) is 4.70. The van der Waals surface area contributed by atoms with Gasteiger partial charge >= 0.3 is 0 Å². The minimum absolute atomic E-state index is 0.227. The molecule has 6 heteroatoms. The third-order valence-electron chi connectivity index (χ3n) is 1.09. The lowest BCUT2D eigenvalue weighted by atomic mass is 10.1. The average Bonchev–Trinajstić information content (AvgIpc) is 1.98. The lowest BCUT2D eigenvalue weighted by Crippen LogP contribution is -2.42. The zero-order valence-corrected chi connectivity index (χ0v) is 9.53. The zero-order valence-electron chi connectivity index (χ0n) is 8.72. The van der Waals surface area contributed by atoms with Gasteiger partial charge in [0.15, 0.2) is 0 Å². The van der Waals surface area contributed by atoms with Gasteiger partial charge in [-0.3, -0.25) is 20.4 Å². The molecule has 0 bridgehead atoms. The molecule has 0 aromatic heterocycles. The smallest absolute Gasteiger partial charge is 0.248 e. The van der Waals surface area contributed by atoms with Crippen molar-refractivity contribution in [2.75, 3.05) is 11.5 Å². The first-order valence-electron chi connectivity index (χ1n) is 4.23. The maximum atomic E-state index is 11.0. The van der Waals surface area contributed by atoms with E-state index in [2.05, 4.69) is 10.9 Å². The number of rotatable bonds is 4. The molecule has 0 atom stereocenters. The van der Waals surface area contributed by atoms with Crippen LogP contribution in [0.25, 0.3) is 0 Å². The predicted octanol–water partition coefficient (Wildman–Crippen LogP) is -0.376. The van der Waals surface area contributed by atoms with Crippen LogP contribution in [0.15, 0.2) is 0 Å². The van der Waals surface area contributed by atoms with Gasteiger partial charge in [-0.1, -0.05) is 0 Å². The maximum absolute atomic E-state index is 11.0. The van der Waals surface area contributed by atoms with Crippen molar-refractivity contribution in [3.05, 3.63) is 0 Å². The van der Waals surface area contributed by atoms with Crippen LogP contribution in [0.3, 0.4) is 0 Å². The van der Waals surface area contributed by atoms with E-state index in [-0.39, 0.29) is 17.4 Å². The molecule has 0 aliphatic heterocycles. The first-order chi connectivity index (χ1) is 6.31. The average molecular weight is 219 g/mol. The van der Waals surface area contributed by atoms with Gasteiger partial charge in [-0.2, -0.15) is 11.8 Å². The van der Waals surface area contributed by atoms with Crippen LogP contribution in [-0.4, -0.2) is 28.9 Å². The molecule has 0 heterocycles. The number of nitrogens with one attached hydrogen (secondary N) is 2. The third-order valence-corrected chi connectivity index (χ3v) is 2.50. The van der Waals surface area contributed by atoms with Gasteiger partial charge in [0.25, 0.3) is 0 Å². The summed E-state index contributed by atoms with van der Waals surface area (Å²) < 4.78 is 0. The third kappa shape index (κ3) is 9.34.